The van der Waals surface area contributed by atoms with E-state index in [4.69, 9.17) is 0 Å². The van der Waals surface area contributed by atoms with Gasteiger partial charge in [0.2, 0.25) is 11.8 Å². The summed E-state index contributed by atoms with van der Waals surface area (Å²) >= 11 is 0. The first kappa shape index (κ1) is 23.1. The highest BCUT2D eigenvalue weighted by molar-refractivity contribution is 5.86. The van der Waals surface area contributed by atoms with Crippen molar-refractivity contribution in [3.05, 3.63) is 71.8 Å². The van der Waals surface area contributed by atoms with Gasteiger partial charge in [-0.2, -0.15) is 0 Å². The molecular weight excluding hydrogens is 422 g/mol. The van der Waals surface area contributed by atoms with E-state index < -0.39 is 0 Å². The molecular formula is C29H37N3O2. The molecule has 2 aromatic carbocycles. The van der Waals surface area contributed by atoms with Crippen molar-refractivity contribution < 1.29 is 9.59 Å². The minimum absolute atomic E-state index is 0.134. The van der Waals surface area contributed by atoms with Crippen LogP contribution in [-0.2, 0) is 22.4 Å². The van der Waals surface area contributed by atoms with Gasteiger partial charge in [-0.1, -0.05) is 67.1 Å². The lowest BCUT2D eigenvalue weighted by molar-refractivity contribution is -0.143. The molecule has 0 unspecified atom stereocenters. The zero-order valence-electron chi connectivity index (χ0n) is 20.3. The first-order valence-electron chi connectivity index (χ1n) is 13.0. The number of amides is 2. The molecule has 1 N–H and O–H groups in total. The van der Waals surface area contributed by atoms with Crippen molar-refractivity contribution in [3.63, 3.8) is 0 Å². The van der Waals surface area contributed by atoms with E-state index in [1.807, 2.05) is 24.3 Å². The van der Waals surface area contributed by atoms with Gasteiger partial charge in [0.25, 0.3) is 0 Å². The number of likely N-dealkylation sites (tertiary alicyclic amines) is 1. The summed E-state index contributed by atoms with van der Waals surface area (Å²) in [5.74, 6) is 0.775. The van der Waals surface area contributed by atoms with Gasteiger partial charge in [-0.25, -0.2) is 0 Å². The van der Waals surface area contributed by atoms with Gasteiger partial charge in [0.1, 0.15) is 0 Å². The predicted octanol–water partition coefficient (Wildman–Crippen LogP) is 4.17. The van der Waals surface area contributed by atoms with Crippen molar-refractivity contribution in [2.24, 2.45) is 5.92 Å². The Balaban J connectivity index is 1.32. The monoisotopic (exact) mass is 459 g/mol. The van der Waals surface area contributed by atoms with Crippen molar-refractivity contribution in [3.8, 4) is 0 Å². The molecule has 34 heavy (non-hydrogen) atoms. The van der Waals surface area contributed by atoms with E-state index in [-0.39, 0.29) is 29.6 Å². The van der Waals surface area contributed by atoms with E-state index in [2.05, 4.69) is 58.4 Å². The maximum absolute atomic E-state index is 13.8. The van der Waals surface area contributed by atoms with Crippen LogP contribution in [0.1, 0.15) is 56.6 Å². The minimum Gasteiger partial charge on any atom is -0.342 e. The van der Waals surface area contributed by atoms with Gasteiger partial charge >= 0.3 is 0 Å². The molecule has 1 spiro atoms. The molecule has 180 valence electrons. The van der Waals surface area contributed by atoms with Crippen LogP contribution in [0, 0.1) is 5.92 Å². The molecule has 2 amide bonds. The normalized spacial score (nSPS) is 23.2. The maximum atomic E-state index is 13.8. The fourth-order valence-corrected chi connectivity index (χ4v) is 6.01. The van der Waals surface area contributed by atoms with E-state index >= 15 is 0 Å². The molecule has 1 saturated carbocycles. The van der Waals surface area contributed by atoms with Gasteiger partial charge in [-0.15, -0.1) is 0 Å². The fourth-order valence-electron chi connectivity index (χ4n) is 6.01. The highest BCUT2D eigenvalue weighted by atomic mass is 16.2. The van der Waals surface area contributed by atoms with Crippen molar-refractivity contribution >= 4 is 11.8 Å². The fraction of sp³-hybridized carbons (Fsp3) is 0.517. The molecule has 2 heterocycles. The van der Waals surface area contributed by atoms with Crippen LogP contribution in [0.25, 0.3) is 0 Å². The molecule has 5 nitrogen and oxygen atoms in total. The third-order valence-electron chi connectivity index (χ3n) is 8.21. The standard InChI is InChI=1S/C29H37N3O2/c1-22(15-16-23-9-4-2-5-10-23)32-28(34)26(21-24-11-6-3-7-12-24)30-29(32)17-19-31(20-18-29)27(33)25-13-8-14-25/h2-7,9-12,22,25-26,30H,8,13-21H2,1H3/t22-,26+/m0/s1. The lowest BCUT2D eigenvalue weighted by Crippen LogP contribution is -2.62. The number of aryl methyl sites for hydroxylation is 1. The first-order chi connectivity index (χ1) is 16.6. The number of hydrogen-bond donors (Lipinski definition) is 1. The predicted molar refractivity (Wildman–Crippen MR) is 134 cm³/mol. The lowest BCUT2D eigenvalue weighted by Gasteiger charge is -2.47. The van der Waals surface area contributed by atoms with Crippen LogP contribution in [-0.4, -0.2) is 52.5 Å². The summed E-state index contributed by atoms with van der Waals surface area (Å²) in [6.07, 6.45) is 7.46. The summed E-state index contributed by atoms with van der Waals surface area (Å²) in [7, 11) is 0. The Kier molecular flexibility index (Phi) is 6.73. The topological polar surface area (TPSA) is 52.7 Å². The van der Waals surface area contributed by atoms with Gasteiger partial charge in [-0.3, -0.25) is 14.9 Å². The average Bonchev–Trinajstić information content (AvgIpc) is 3.08. The highest BCUT2D eigenvalue weighted by Gasteiger charge is 2.53. The zero-order valence-corrected chi connectivity index (χ0v) is 20.3. The molecule has 2 atom stereocenters. The van der Waals surface area contributed by atoms with E-state index in [9.17, 15) is 9.59 Å². The third-order valence-corrected chi connectivity index (χ3v) is 8.21. The molecule has 2 aliphatic heterocycles. The number of piperidine rings is 1. The molecule has 2 aromatic rings. The molecule has 5 heteroatoms. The third kappa shape index (κ3) is 4.63. The molecule has 5 rings (SSSR count). The van der Waals surface area contributed by atoms with Crippen molar-refractivity contribution in [1.29, 1.82) is 0 Å². The van der Waals surface area contributed by atoms with E-state index in [1.54, 1.807) is 0 Å². The summed E-state index contributed by atoms with van der Waals surface area (Å²) in [6, 6.07) is 20.7. The summed E-state index contributed by atoms with van der Waals surface area (Å²) in [6.45, 7) is 3.66. The molecule has 1 aliphatic carbocycles. The number of benzene rings is 2. The Bertz CT molecular complexity index is 981. The van der Waals surface area contributed by atoms with Gasteiger partial charge in [0, 0.05) is 37.9 Å². The smallest absolute Gasteiger partial charge is 0.241 e. The SMILES string of the molecule is C[C@@H](CCc1ccccc1)N1C(=O)[C@@H](Cc2ccccc2)NC12CCN(C(=O)C1CCC1)CC2. The minimum atomic E-state index is -0.358. The Hall–Kier alpha value is -2.66. The van der Waals surface area contributed by atoms with Crippen LogP contribution in [0.4, 0.5) is 0 Å². The van der Waals surface area contributed by atoms with Crippen molar-refractivity contribution in [2.75, 3.05) is 13.1 Å². The van der Waals surface area contributed by atoms with Gasteiger partial charge < -0.3 is 9.80 Å². The Morgan fingerprint density at radius 3 is 2.21 bits per heavy atom. The van der Waals surface area contributed by atoms with E-state index in [0.29, 0.717) is 12.3 Å². The van der Waals surface area contributed by atoms with E-state index in [0.717, 1.165) is 51.6 Å². The molecule has 3 fully saturated rings. The van der Waals surface area contributed by atoms with Crippen LogP contribution in [0.15, 0.2) is 60.7 Å². The van der Waals surface area contributed by atoms with Crippen LogP contribution < -0.4 is 5.32 Å². The lowest BCUT2D eigenvalue weighted by atomic mass is 9.83. The van der Waals surface area contributed by atoms with Gasteiger partial charge in [0.05, 0.1) is 11.7 Å². The van der Waals surface area contributed by atoms with Crippen LogP contribution in [0.3, 0.4) is 0 Å². The number of nitrogens with zero attached hydrogens (tertiary/aromatic N) is 2. The molecule has 0 aromatic heterocycles. The second-order valence-corrected chi connectivity index (χ2v) is 10.5. The van der Waals surface area contributed by atoms with Crippen LogP contribution >= 0.6 is 0 Å². The van der Waals surface area contributed by atoms with Gasteiger partial charge in [-0.05, 0) is 50.2 Å². The highest BCUT2D eigenvalue weighted by Crippen LogP contribution is 2.37. The quantitative estimate of drug-likeness (QED) is 0.676. The average molecular weight is 460 g/mol. The van der Waals surface area contributed by atoms with Crippen LogP contribution in [0.5, 0.6) is 0 Å². The Morgan fingerprint density at radius 1 is 1.00 bits per heavy atom. The van der Waals surface area contributed by atoms with E-state index in [1.165, 1.54) is 17.5 Å². The largest absolute Gasteiger partial charge is 0.342 e. The molecule has 0 radical (unpaired) electrons. The summed E-state index contributed by atoms with van der Waals surface area (Å²) in [4.78, 5) is 30.9. The number of hydrogen-bond acceptors (Lipinski definition) is 3. The molecule has 3 aliphatic rings. The van der Waals surface area contributed by atoms with Crippen LogP contribution in [0.2, 0.25) is 0 Å². The van der Waals surface area contributed by atoms with Crippen molar-refractivity contribution in [1.82, 2.24) is 15.1 Å². The molecule has 2 saturated heterocycles. The number of nitrogens with one attached hydrogen (secondary N) is 1. The second kappa shape index (κ2) is 9.91. The summed E-state index contributed by atoms with van der Waals surface area (Å²) in [5, 5.41) is 3.79. The zero-order chi connectivity index (χ0) is 23.5. The summed E-state index contributed by atoms with van der Waals surface area (Å²) < 4.78 is 0. The Labute approximate surface area is 203 Å². The first-order valence-corrected chi connectivity index (χ1v) is 13.0. The summed E-state index contributed by atoms with van der Waals surface area (Å²) in [5.41, 5.74) is 2.13. The maximum Gasteiger partial charge on any atom is 0.241 e. The number of carbonyl (C=O) groups is 2. The Morgan fingerprint density at radius 2 is 1.62 bits per heavy atom. The second-order valence-electron chi connectivity index (χ2n) is 10.5. The molecule has 0 bridgehead atoms. The number of rotatable bonds is 7. The van der Waals surface area contributed by atoms with Crippen molar-refractivity contribution in [2.45, 2.75) is 76.0 Å². The number of carbonyl (C=O) groups excluding carboxylic acids is 2. The van der Waals surface area contributed by atoms with Gasteiger partial charge in [0.15, 0.2) is 0 Å².